The lowest BCUT2D eigenvalue weighted by Crippen LogP contribution is -2.34. The highest BCUT2D eigenvalue weighted by atomic mass is 19.1. The molecule has 1 N–H and O–H groups in total. The van der Waals surface area contributed by atoms with Crippen molar-refractivity contribution in [2.75, 3.05) is 18.0 Å². The zero-order valence-corrected chi connectivity index (χ0v) is 19.9. The zero-order valence-electron chi connectivity index (χ0n) is 19.9. The molecule has 2 aromatic carbocycles. The highest BCUT2D eigenvalue weighted by Gasteiger charge is 2.27. The first kappa shape index (κ1) is 23.8. The first-order valence-electron chi connectivity index (χ1n) is 11.8. The van der Waals surface area contributed by atoms with E-state index in [1.54, 1.807) is 6.07 Å². The average Bonchev–Trinajstić information content (AvgIpc) is 3.35. The summed E-state index contributed by atoms with van der Waals surface area (Å²) in [4.78, 5) is 26.4. The Balaban J connectivity index is 1.44. The highest BCUT2D eigenvalue weighted by Crippen LogP contribution is 2.36. The smallest absolute Gasteiger partial charge is 0.307 e. The summed E-state index contributed by atoms with van der Waals surface area (Å²) in [5.74, 6) is 0.0150. The van der Waals surface area contributed by atoms with E-state index in [4.69, 9.17) is 9.63 Å². The number of carboxylic acid groups (broad SMARTS) is 1. The summed E-state index contributed by atoms with van der Waals surface area (Å²) >= 11 is 0. The lowest BCUT2D eigenvalue weighted by atomic mass is 9.95. The number of rotatable bonds is 6. The van der Waals surface area contributed by atoms with Gasteiger partial charge >= 0.3 is 5.97 Å². The van der Waals surface area contributed by atoms with Crippen LogP contribution in [0.5, 0.6) is 0 Å². The predicted molar refractivity (Wildman–Crippen MR) is 129 cm³/mol. The number of aromatic nitrogens is 4. The van der Waals surface area contributed by atoms with Crippen LogP contribution in [-0.2, 0) is 11.2 Å². The third-order valence-electron chi connectivity index (χ3n) is 6.50. The first-order valence-corrected chi connectivity index (χ1v) is 11.8. The van der Waals surface area contributed by atoms with Crippen molar-refractivity contribution in [3.63, 3.8) is 0 Å². The topological polar surface area (TPSA) is 105 Å². The van der Waals surface area contributed by atoms with Crippen molar-refractivity contribution in [1.29, 1.82) is 0 Å². The molecule has 0 atom stereocenters. The molecular formula is C26H25F2N5O3. The molecule has 1 fully saturated rings. The van der Waals surface area contributed by atoms with Crippen LogP contribution in [0.1, 0.15) is 55.8 Å². The van der Waals surface area contributed by atoms with E-state index in [2.05, 4.69) is 25.0 Å². The Hall–Kier alpha value is -3.95. The normalized spacial score (nSPS) is 14.6. The largest absolute Gasteiger partial charge is 0.481 e. The Bertz CT molecular complexity index is 1430. The molecule has 3 heterocycles. The van der Waals surface area contributed by atoms with Crippen LogP contribution < -0.4 is 4.90 Å². The number of anilines is 1. The quantitative estimate of drug-likeness (QED) is 0.396. The fourth-order valence-corrected chi connectivity index (χ4v) is 4.61. The van der Waals surface area contributed by atoms with E-state index in [9.17, 15) is 13.6 Å². The third kappa shape index (κ3) is 4.62. The van der Waals surface area contributed by atoms with Crippen LogP contribution in [0.15, 0.2) is 41.2 Å². The Kier molecular flexibility index (Phi) is 6.34. The van der Waals surface area contributed by atoms with Gasteiger partial charge in [-0.25, -0.2) is 18.7 Å². The van der Waals surface area contributed by atoms with Gasteiger partial charge in [-0.05, 0) is 42.2 Å². The molecule has 4 aromatic rings. The minimum Gasteiger partial charge on any atom is -0.481 e. The minimum absolute atomic E-state index is 0.0623. The van der Waals surface area contributed by atoms with Crippen molar-refractivity contribution in [2.45, 2.75) is 44.9 Å². The second-order valence-corrected chi connectivity index (χ2v) is 9.33. The van der Waals surface area contributed by atoms with Gasteiger partial charge in [0, 0.05) is 35.9 Å². The number of benzene rings is 2. The molecule has 186 valence electrons. The zero-order chi connectivity index (χ0) is 25.4. The molecule has 8 nitrogen and oxygen atoms in total. The van der Waals surface area contributed by atoms with E-state index in [0.29, 0.717) is 52.7 Å². The molecule has 0 saturated carbocycles. The number of carboxylic acids is 1. The van der Waals surface area contributed by atoms with Gasteiger partial charge < -0.3 is 14.5 Å². The van der Waals surface area contributed by atoms with Gasteiger partial charge in [-0.2, -0.15) is 4.98 Å². The minimum atomic E-state index is -1.13. The van der Waals surface area contributed by atoms with Gasteiger partial charge in [0.05, 0.1) is 11.9 Å². The number of piperidine rings is 1. The van der Waals surface area contributed by atoms with Crippen LogP contribution >= 0.6 is 0 Å². The van der Waals surface area contributed by atoms with Crippen molar-refractivity contribution < 1.29 is 23.2 Å². The summed E-state index contributed by atoms with van der Waals surface area (Å²) in [6, 6.07) is 6.91. The number of hydrogen-bond donors (Lipinski definition) is 1. The summed E-state index contributed by atoms with van der Waals surface area (Å²) in [7, 11) is 0. The number of fused-ring (bicyclic) bond motifs is 1. The summed E-state index contributed by atoms with van der Waals surface area (Å²) in [5, 5.41) is 13.6. The molecule has 1 saturated heterocycles. The van der Waals surface area contributed by atoms with Gasteiger partial charge in [0.25, 0.3) is 0 Å². The standard InChI is InChI=1S/C26H25F2N5O3/c1-14(2)26-31-24(32-36-26)15-5-7-33(8-6-15)25-20-12-18(27)11-19(23(20)29-13-30-25)16-3-4-17(10-22(34)35)21(28)9-16/h3-4,9,11-15H,5-8,10H2,1-2H3,(H,34,35). The van der Waals surface area contributed by atoms with Crippen LogP contribution in [0.2, 0.25) is 0 Å². The second-order valence-electron chi connectivity index (χ2n) is 9.33. The molecule has 1 aliphatic heterocycles. The van der Waals surface area contributed by atoms with E-state index >= 15 is 0 Å². The average molecular weight is 494 g/mol. The van der Waals surface area contributed by atoms with Crippen LogP contribution in [0.4, 0.5) is 14.6 Å². The molecule has 1 aliphatic rings. The molecule has 0 amide bonds. The summed E-state index contributed by atoms with van der Waals surface area (Å²) in [5.41, 5.74) is 1.38. The Morgan fingerprint density at radius 2 is 1.94 bits per heavy atom. The Labute approximate surface area is 206 Å². The monoisotopic (exact) mass is 493 g/mol. The molecule has 36 heavy (non-hydrogen) atoms. The number of halogens is 2. The van der Waals surface area contributed by atoms with Gasteiger partial charge in [0.1, 0.15) is 23.8 Å². The lowest BCUT2D eigenvalue weighted by Gasteiger charge is -2.32. The highest BCUT2D eigenvalue weighted by molar-refractivity contribution is 5.99. The molecule has 0 radical (unpaired) electrons. The maximum Gasteiger partial charge on any atom is 0.307 e. The lowest BCUT2D eigenvalue weighted by molar-refractivity contribution is -0.136. The molecule has 0 spiro atoms. The van der Waals surface area contributed by atoms with Crippen molar-refractivity contribution in [1.82, 2.24) is 20.1 Å². The number of hydrogen-bond acceptors (Lipinski definition) is 7. The maximum absolute atomic E-state index is 14.8. The molecule has 0 bridgehead atoms. The fraction of sp³-hybridized carbons (Fsp3) is 0.346. The van der Waals surface area contributed by atoms with E-state index < -0.39 is 24.0 Å². The van der Waals surface area contributed by atoms with Gasteiger partial charge in [0.2, 0.25) is 5.89 Å². The third-order valence-corrected chi connectivity index (χ3v) is 6.50. The SMILES string of the molecule is CC(C)c1nc(C2CCN(c3ncnc4c(-c5ccc(CC(=O)O)c(F)c5)cc(F)cc34)CC2)no1. The van der Waals surface area contributed by atoms with E-state index in [0.717, 1.165) is 12.8 Å². The molecule has 10 heteroatoms. The van der Waals surface area contributed by atoms with E-state index in [1.807, 2.05) is 13.8 Å². The van der Waals surface area contributed by atoms with Gasteiger partial charge in [0.15, 0.2) is 5.82 Å². The number of aliphatic carboxylic acids is 1. The van der Waals surface area contributed by atoms with Crippen molar-refractivity contribution >= 4 is 22.7 Å². The van der Waals surface area contributed by atoms with Crippen molar-refractivity contribution in [3.8, 4) is 11.1 Å². The molecule has 2 aromatic heterocycles. The Morgan fingerprint density at radius 3 is 2.61 bits per heavy atom. The second kappa shape index (κ2) is 9.60. The van der Waals surface area contributed by atoms with Crippen LogP contribution in [0, 0.1) is 11.6 Å². The molecule has 5 rings (SSSR count). The van der Waals surface area contributed by atoms with Gasteiger partial charge in [-0.3, -0.25) is 4.79 Å². The van der Waals surface area contributed by atoms with Crippen LogP contribution in [0.3, 0.4) is 0 Å². The number of nitrogens with zero attached hydrogens (tertiary/aromatic N) is 5. The van der Waals surface area contributed by atoms with Crippen molar-refractivity contribution in [2.24, 2.45) is 0 Å². The number of carbonyl (C=O) groups is 1. The van der Waals surface area contributed by atoms with Crippen LogP contribution in [-0.4, -0.2) is 44.3 Å². The fourth-order valence-electron chi connectivity index (χ4n) is 4.61. The molecular weight excluding hydrogens is 468 g/mol. The van der Waals surface area contributed by atoms with Crippen molar-refractivity contribution in [3.05, 3.63) is 65.6 Å². The molecule has 0 unspecified atom stereocenters. The summed E-state index contributed by atoms with van der Waals surface area (Å²) in [6.45, 7) is 5.36. The van der Waals surface area contributed by atoms with Crippen LogP contribution in [0.25, 0.3) is 22.0 Å². The summed E-state index contributed by atoms with van der Waals surface area (Å²) < 4.78 is 34.7. The van der Waals surface area contributed by atoms with E-state index in [1.165, 1.54) is 30.6 Å². The molecule has 0 aliphatic carbocycles. The predicted octanol–water partition coefficient (Wildman–Crippen LogP) is 5.09. The maximum atomic E-state index is 14.8. The summed E-state index contributed by atoms with van der Waals surface area (Å²) in [6.07, 6.45) is 2.58. The van der Waals surface area contributed by atoms with Gasteiger partial charge in [-0.15, -0.1) is 0 Å². The van der Waals surface area contributed by atoms with E-state index in [-0.39, 0.29) is 17.4 Å². The van der Waals surface area contributed by atoms with Gasteiger partial charge in [-0.1, -0.05) is 31.1 Å². The Morgan fingerprint density at radius 1 is 1.17 bits per heavy atom. The first-order chi connectivity index (χ1) is 17.3.